The van der Waals surface area contributed by atoms with E-state index in [9.17, 15) is 0 Å². The molecule has 11 aromatic carbocycles. The van der Waals surface area contributed by atoms with Gasteiger partial charge in [-0.15, -0.1) is 0 Å². The standard InChI is InChI=1S/C59H36N2/c1-2-15-43(16-3-1)61-55-22-7-6-18-49(55)50-35-40(27-32-56(50)61)37-25-28-44(29-26-37)60(45-30-31-48-41(33-45)24-23-38-11-4-5-17-47(38)48)46-34-42-14-10-21-53-58(42)54(36-46)59(53)51-19-8-12-39-13-9-20-52(59)57(39)51/h1-36H. The Kier molecular flexibility index (Phi) is 6.52. The number of benzene rings is 11. The third-order valence-electron chi connectivity index (χ3n) is 13.9. The van der Waals surface area contributed by atoms with E-state index in [0.717, 1.165) is 11.4 Å². The van der Waals surface area contributed by atoms with Crippen molar-refractivity contribution in [3.8, 4) is 16.8 Å². The smallest absolute Gasteiger partial charge is 0.0726 e. The first-order valence-electron chi connectivity index (χ1n) is 21.3. The third-order valence-corrected chi connectivity index (χ3v) is 13.9. The van der Waals surface area contributed by atoms with Gasteiger partial charge in [0.1, 0.15) is 0 Å². The van der Waals surface area contributed by atoms with E-state index in [1.54, 1.807) is 0 Å². The topological polar surface area (TPSA) is 8.17 Å². The summed E-state index contributed by atoms with van der Waals surface area (Å²) in [6, 6.07) is 81.2. The highest BCUT2D eigenvalue weighted by atomic mass is 15.1. The van der Waals surface area contributed by atoms with E-state index in [-0.39, 0.29) is 5.41 Å². The van der Waals surface area contributed by atoms with Crippen LogP contribution in [-0.2, 0) is 5.41 Å². The summed E-state index contributed by atoms with van der Waals surface area (Å²) >= 11 is 0. The number of anilines is 3. The van der Waals surface area contributed by atoms with Gasteiger partial charge in [-0.3, -0.25) is 0 Å². The van der Waals surface area contributed by atoms with Crippen molar-refractivity contribution in [3.63, 3.8) is 0 Å². The molecule has 2 aliphatic rings. The predicted molar refractivity (Wildman–Crippen MR) is 256 cm³/mol. The van der Waals surface area contributed by atoms with Crippen molar-refractivity contribution in [2.75, 3.05) is 4.90 Å². The lowest BCUT2D eigenvalue weighted by Crippen LogP contribution is -2.43. The summed E-state index contributed by atoms with van der Waals surface area (Å²) in [6.45, 7) is 0. The summed E-state index contributed by atoms with van der Waals surface area (Å²) in [6.07, 6.45) is 0. The molecular formula is C59H36N2. The number of fused-ring (bicyclic) bond motifs is 10. The van der Waals surface area contributed by atoms with Gasteiger partial charge in [-0.1, -0.05) is 152 Å². The number of aromatic nitrogens is 1. The first-order valence-corrected chi connectivity index (χ1v) is 21.3. The van der Waals surface area contributed by atoms with Crippen molar-refractivity contribution in [1.82, 2.24) is 4.57 Å². The minimum atomic E-state index is -0.207. The Hall–Kier alpha value is -7.94. The zero-order valence-corrected chi connectivity index (χ0v) is 33.2. The summed E-state index contributed by atoms with van der Waals surface area (Å²) in [5.41, 5.74) is 14.9. The Morgan fingerprint density at radius 1 is 0.311 bits per heavy atom. The van der Waals surface area contributed by atoms with Crippen LogP contribution >= 0.6 is 0 Å². The van der Waals surface area contributed by atoms with Crippen molar-refractivity contribution in [2.45, 2.75) is 5.41 Å². The van der Waals surface area contributed by atoms with E-state index >= 15 is 0 Å². The maximum absolute atomic E-state index is 2.49. The average molecular weight is 773 g/mol. The highest BCUT2D eigenvalue weighted by Gasteiger charge is 2.54. The molecule has 2 aliphatic carbocycles. The van der Waals surface area contributed by atoms with E-state index in [4.69, 9.17) is 0 Å². The number of rotatable bonds is 5. The van der Waals surface area contributed by atoms with E-state index in [1.165, 1.54) is 110 Å². The first-order chi connectivity index (χ1) is 30.2. The first kappa shape index (κ1) is 33.0. The molecule has 61 heavy (non-hydrogen) atoms. The summed E-state index contributed by atoms with van der Waals surface area (Å²) in [7, 11) is 0. The molecule has 2 heteroatoms. The molecule has 0 fully saturated rings. The SMILES string of the molecule is c1ccc(-n2c3ccccc3c3cc(-c4ccc(N(c5cc6c7c(cccc7c5)C65c6cccc7cccc5c67)c5ccc6c(ccc7ccccc76)c5)cc4)ccc32)cc1. The molecule has 12 aromatic rings. The van der Waals surface area contributed by atoms with E-state index in [1.807, 2.05) is 0 Å². The minimum absolute atomic E-state index is 0.207. The fourth-order valence-electron chi connectivity index (χ4n) is 11.3. The molecule has 0 radical (unpaired) electrons. The molecule has 0 N–H and O–H groups in total. The lowest BCUT2D eigenvalue weighted by molar-refractivity contribution is 0.701. The zero-order chi connectivity index (χ0) is 39.8. The van der Waals surface area contributed by atoms with Crippen LogP contribution in [0.2, 0.25) is 0 Å². The van der Waals surface area contributed by atoms with Crippen molar-refractivity contribution >= 4 is 82.0 Å². The van der Waals surface area contributed by atoms with Gasteiger partial charge in [0.15, 0.2) is 0 Å². The average Bonchev–Trinajstić information content (AvgIpc) is 3.65. The monoisotopic (exact) mass is 772 g/mol. The summed E-state index contributed by atoms with van der Waals surface area (Å²) in [5.74, 6) is 0. The second kappa shape index (κ2) is 12.1. The molecule has 0 amide bonds. The van der Waals surface area contributed by atoms with E-state index < -0.39 is 0 Å². The van der Waals surface area contributed by atoms with Crippen LogP contribution in [0.4, 0.5) is 17.1 Å². The number of hydrogen-bond acceptors (Lipinski definition) is 1. The fourth-order valence-corrected chi connectivity index (χ4v) is 11.3. The molecule has 14 rings (SSSR count). The van der Waals surface area contributed by atoms with Crippen LogP contribution in [0.15, 0.2) is 218 Å². The van der Waals surface area contributed by atoms with Crippen molar-refractivity contribution in [3.05, 3.63) is 241 Å². The summed E-state index contributed by atoms with van der Waals surface area (Å²) < 4.78 is 2.38. The highest BCUT2D eigenvalue weighted by Crippen LogP contribution is 2.65. The van der Waals surface area contributed by atoms with E-state index in [2.05, 4.69) is 228 Å². The van der Waals surface area contributed by atoms with Crippen LogP contribution in [0, 0.1) is 0 Å². The van der Waals surface area contributed by atoms with Gasteiger partial charge in [-0.05, 0) is 143 Å². The van der Waals surface area contributed by atoms with Crippen molar-refractivity contribution < 1.29 is 0 Å². The van der Waals surface area contributed by atoms with Gasteiger partial charge >= 0.3 is 0 Å². The van der Waals surface area contributed by atoms with Crippen molar-refractivity contribution in [2.24, 2.45) is 0 Å². The van der Waals surface area contributed by atoms with Crippen LogP contribution in [0.1, 0.15) is 22.3 Å². The van der Waals surface area contributed by atoms with Gasteiger partial charge < -0.3 is 9.47 Å². The molecule has 2 nitrogen and oxygen atoms in total. The molecular weight excluding hydrogens is 737 g/mol. The van der Waals surface area contributed by atoms with Crippen LogP contribution in [0.25, 0.3) is 81.7 Å². The summed E-state index contributed by atoms with van der Waals surface area (Å²) in [5, 5.41) is 13.0. The molecule has 0 atom stereocenters. The van der Waals surface area contributed by atoms with Crippen LogP contribution in [0.5, 0.6) is 0 Å². The summed E-state index contributed by atoms with van der Waals surface area (Å²) in [4.78, 5) is 2.47. The van der Waals surface area contributed by atoms with Crippen LogP contribution in [0.3, 0.4) is 0 Å². The normalized spacial score (nSPS) is 13.4. The van der Waals surface area contributed by atoms with Gasteiger partial charge in [0.25, 0.3) is 0 Å². The molecule has 1 aromatic heterocycles. The van der Waals surface area contributed by atoms with Gasteiger partial charge in [0, 0.05) is 33.5 Å². The van der Waals surface area contributed by atoms with Crippen molar-refractivity contribution in [1.29, 1.82) is 0 Å². The molecule has 0 unspecified atom stereocenters. The van der Waals surface area contributed by atoms with Gasteiger partial charge in [0.05, 0.1) is 16.4 Å². The second-order valence-corrected chi connectivity index (χ2v) is 16.9. The lowest BCUT2D eigenvalue weighted by Gasteiger charge is -2.52. The van der Waals surface area contributed by atoms with E-state index in [0.29, 0.717) is 0 Å². The Morgan fingerprint density at radius 2 is 0.902 bits per heavy atom. The Morgan fingerprint density at radius 3 is 1.70 bits per heavy atom. The quantitative estimate of drug-likeness (QED) is 0.158. The number of para-hydroxylation sites is 2. The molecule has 282 valence electrons. The maximum atomic E-state index is 2.49. The predicted octanol–water partition coefficient (Wildman–Crippen LogP) is 15.5. The molecule has 0 aliphatic heterocycles. The molecule has 1 heterocycles. The largest absolute Gasteiger partial charge is 0.310 e. The lowest BCUT2D eigenvalue weighted by atomic mass is 9.49. The highest BCUT2D eigenvalue weighted by molar-refractivity contribution is 6.13. The second-order valence-electron chi connectivity index (χ2n) is 16.9. The van der Waals surface area contributed by atoms with Crippen LogP contribution in [-0.4, -0.2) is 4.57 Å². The molecule has 0 saturated carbocycles. The molecule has 0 bridgehead atoms. The van der Waals surface area contributed by atoms with Gasteiger partial charge in [-0.2, -0.15) is 0 Å². The maximum Gasteiger partial charge on any atom is 0.0726 e. The Labute approximate surface area is 352 Å². The fraction of sp³-hybridized carbons (Fsp3) is 0.0169. The Bertz CT molecular complexity index is 3780. The van der Waals surface area contributed by atoms with Gasteiger partial charge in [-0.25, -0.2) is 0 Å². The van der Waals surface area contributed by atoms with Crippen LogP contribution < -0.4 is 4.90 Å². The Balaban J connectivity index is 0.939. The number of nitrogens with zero attached hydrogens (tertiary/aromatic N) is 2. The zero-order valence-electron chi connectivity index (χ0n) is 33.2. The molecule has 1 spiro atoms. The number of hydrogen-bond donors (Lipinski definition) is 0. The van der Waals surface area contributed by atoms with Gasteiger partial charge in [0.2, 0.25) is 0 Å². The minimum Gasteiger partial charge on any atom is -0.310 e. The molecule has 0 saturated heterocycles. The third kappa shape index (κ3) is 4.36.